The summed E-state index contributed by atoms with van der Waals surface area (Å²) in [5, 5.41) is 8.79. The molecule has 2 aromatic heterocycles. The van der Waals surface area contributed by atoms with Crippen LogP contribution < -0.4 is 15.5 Å². The number of methoxy groups -OCH3 is 1. The highest BCUT2D eigenvalue weighted by atomic mass is 32.1. The van der Waals surface area contributed by atoms with Gasteiger partial charge in [-0.1, -0.05) is 6.07 Å². The zero-order valence-corrected chi connectivity index (χ0v) is 15.6. The van der Waals surface area contributed by atoms with Crippen LogP contribution in [-0.4, -0.2) is 27.9 Å². The number of hydrogen-bond acceptors (Lipinski definition) is 5. The fraction of sp³-hybridized carbons (Fsp3) is 0.158. The maximum atomic E-state index is 5.39. The Kier molecular flexibility index (Phi) is 5.38. The fourth-order valence-corrected chi connectivity index (χ4v) is 2.65. The summed E-state index contributed by atoms with van der Waals surface area (Å²) in [4.78, 5) is 8.71. The van der Waals surface area contributed by atoms with Crippen molar-refractivity contribution < 1.29 is 4.74 Å². The summed E-state index contributed by atoms with van der Waals surface area (Å²) in [6.07, 6.45) is 3.50. The first-order chi connectivity index (χ1) is 12.6. The third kappa shape index (κ3) is 3.94. The minimum atomic E-state index is 0.359. The van der Waals surface area contributed by atoms with Gasteiger partial charge in [-0.3, -0.25) is 15.4 Å². The minimum absolute atomic E-state index is 0.359. The van der Waals surface area contributed by atoms with Gasteiger partial charge in [0.15, 0.2) is 5.11 Å². The molecule has 7 heteroatoms. The van der Waals surface area contributed by atoms with Crippen molar-refractivity contribution in [1.29, 1.82) is 0 Å². The molecule has 2 heterocycles. The molecule has 0 radical (unpaired) electrons. The molecular formula is C19H19N5OS. The number of fused-ring (bicyclic) bond motifs is 1. The Hall–Kier alpha value is -3.06. The molecule has 0 atom stereocenters. The Bertz CT molecular complexity index is 972. The number of anilines is 1. The van der Waals surface area contributed by atoms with Crippen LogP contribution in [0.4, 0.5) is 5.69 Å². The summed E-state index contributed by atoms with van der Waals surface area (Å²) in [6.45, 7) is 3.90. The molecule has 3 rings (SSSR count). The number of ether oxygens (including phenoxy) is 1. The average molecular weight is 365 g/mol. The summed E-state index contributed by atoms with van der Waals surface area (Å²) < 4.78 is 5.39. The lowest BCUT2D eigenvalue weighted by atomic mass is 10.1. The topological polar surface area (TPSA) is 71.4 Å². The number of hydrogen-bond donors (Lipinski definition) is 2. The quantitative estimate of drug-likeness (QED) is 0.418. The number of aromatic nitrogens is 2. The summed E-state index contributed by atoms with van der Waals surface area (Å²) in [7, 11) is 1.63. The predicted octanol–water partition coefficient (Wildman–Crippen LogP) is 3.66. The molecule has 0 amide bonds. The van der Waals surface area contributed by atoms with Crippen molar-refractivity contribution >= 4 is 39.6 Å². The van der Waals surface area contributed by atoms with E-state index < -0.39 is 0 Å². The molecule has 1 aromatic carbocycles. The van der Waals surface area contributed by atoms with Crippen LogP contribution in [-0.2, 0) is 0 Å². The number of nitrogens with one attached hydrogen (secondary N) is 2. The molecule has 0 unspecified atom stereocenters. The van der Waals surface area contributed by atoms with Crippen LogP contribution in [0.3, 0.4) is 0 Å². The molecule has 0 aliphatic carbocycles. The van der Waals surface area contributed by atoms with E-state index in [1.165, 1.54) is 0 Å². The van der Waals surface area contributed by atoms with E-state index in [0.717, 1.165) is 39.3 Å². The number of thiocarbonyl (C=S) groups is 1. The number of aryl methyl sites for hydroxylation is 1. The van der Waals surface area contributed by atoms with Gasteiger partial charge in [0, 0.05) is 23.8 Å². The van der Waals surface area contributed by atoms with Crippen LogP contribution in [0.15, 0.2) is 53.9 Å². The van der Waals surface area contributed by atoms with Crippen LogP contribution in [0.1, 0.15) is 18.2 Å². The Labute approximate surface area is 157 Å². The Morgan fingerprint density at radius 1 is 1.15 bits per heavy atom. The molecule has 0 fully saturated rings. The lowest BCUT2D eigenvalue weighted by Gasteiger charge is -2.13. The maximum Gasteiger partial charge on any atom is 0.191 e. The van der Waals surface area contributed by atoms with Gasteiger partial charge < -0.3 is 10.1 Å². The largest absolute Gasteiger partial charge is 0.497 e. The fourth-order valence-electron chi connectivity index (χ4n) is 2.49. The molecule has 0 spiro atoms. The van der Waals surface area contributed by atoms with Gasteiger partial charge >= 0.3 is 0 Å². The molecule has 0 aliphatic heterocycles. The SMILES string of the molecule is COc1cc(NC(=S)N/N=C(\C)c2ccccn2)c2nccc(C)c2c1. The second kappa shape index (κ2) is 7.88. The molecule has 0 saturated carbocycles. The molecule has 26 heavy (non-hydrogen) atoms. The maximum absolute atomic E-state index is 5.39. The number of benzene rings is 1. The molecule has 2 N–H and O–H groups in total. The summed E-state index contributed by atoms with van der Waals surface area (Å²) in [5.74, 6) is 0.729. The third-order valence-corrected chi connectivity index (χ3v) is 4.07. The van der Waals surface area contributed by atoms with E-state index >= 15 is 0 Å². The first kappa shape index (κ1) is 17.8. The van der Waals surface area contributed by atoms with Gasteiger partial charge in [-0.15, -0.1) is 0 Å². The molecule has 6 nitrogen and oxygen atoms in total. The predicted molar refractivity (Wildman–Crippen MR) is 109 cm³/mol. The number of hydrazone groups is 1. The van der Waals surface area contributed by atoms with Crippen molar-refractivity contribution in [3.63, 3.8) is 0 Å². The summed E-state index contributed by atoms with van der Waals surface area (Å²) in [6, 6.07) is 11.4. The summed E-state index contributed by atoms with van der Waals surface area (Å²) in [5.41, 5.74) is 7.05. The lowest BCUT2D eigenvalue weighted by molar-refractivity contribution is 0.415. The van der Waals surface area contributed by atoms with E-state index in [4.69, 9.17) is 17.0 Å². The normalized spacial score (nSPS) is 11.3. The average Bonchev–Trinajstić information content (AvgIpc) is 2.67. The Balaban J connectivity index is 1.82. The van der Waals surface area contributed by atoms with Gasteiger partial charge in [0.2, 0.25) is 0 Å². The zero-order chi connectivity index (χ0) is 18.5. The van der Waals surface area contributed by atoms with Gasteiger partial charge in [-0.2, -0.15) is 5.10 Å². The van der Waals surface area contributed by atoms with Crippen molar-refractivity contribution in [3.05, 3.63) is 60.0 Å². The highest BCUT2D eigenvalue weighted by molar-refractivity contribution is 7.80. The van der Waals surface area contributed by atoms with Crippen LogP contribution in [0, 0.1) is 6.92 Å². The van der Waals surface area contributed by atoms with Gasteiger partial charge in [-0.25, -0.2) is 0 Å². The van der Waals surface area contributed by atoms with E-state index in [9.17, 15) is 0 Å². The van der Waals surface area contributed by atoms with E-state index in [-0.39, 0.29) is 0 Å². The first-order valence-corrected chi connectivity index (χ1v) is 8.45. The van der Waals surface area contributed by atoms with Crippen LogP contribution >= 0.6 is 12.2 Å². The number of pyridine rings is 2. The van der Waals surface area contributed by atoms with Crippen LogP contribution in [0.2, 0.25) is 0 Å². The smallest absolute Gasteiger partial charge is 0.191 e. The molecule has 132 valence electrons. The van der Waals surface area contributed by atoms with Gasteiger partial charge in [0.1, 0.15) is 5.75 Å². The van der Waals surface area contributed by atoms with Crippen molar-refractivity contribution in [3.8, 4) is 5.75 Å². The summed E-state index contributed by atoms with van der Waals surface area (Å²) >= 11 is 5.36. The van der Waals surface area contributed by atoms with E-state index in [1.54, 1.807) is 19.5 Å². The molecule has 0 bridgehead atoms. The second-order valence-corrected chi connectivity index (χ2v) is 6.09. The van der Waals surface area contributed by atoms with E-state index in [0.29, 0.717) is 5.11 Å². The van der Waals surface area contributed by atoms with Crippen LogP contribution in [0.5, 0.6) is 5.75 Å². The molecular weight excluding hydrogens is 346 g/mol. The molecule has 0 saturated heterocycles. The zero-order valence-electron chi connectivity index (χ0n) is 14.8. The van der Waals surface area contributed by atoms with Crippen LogP contribution in [0.25, 0.3) is 10.9 Å². The second-order valence-electron chi connectivity index (χ2n) is 5.68. The van der Waals surface area contributed by atoms with Crippen molar-refractivity contribution in [2.24, 2.45) is 5.10 Å². The Morgan fingerprint density at radius 2 is 2.00 bits per heavy atom. The molecule has 0 aliphatic rings. The van der Waals surface area contributed by atoms with Crippen molar-refractivity contribution in [2.75, 3.05) is 12.4 Å². The van der Waals surface area contributed by atoms with E-state index in [2.05, 4.69) is 25.8 Å². The highest BCUT2D eigenvalue weighted by Gasteiger charge is 2.09. The van der Waals surface area contributed by atoms with Gasteiger partial charge in [-0.05, 0) is 55.9 Å². The monoisotopic (exact) mass is 365 g/mol. The number of nitrogens with zero attached hydrogens (tertiary/aromatic N) is 3. The third-order valence-electron chi connectivity index (χ3n) is 3.88. The van der Waals surface area contributed by atoms with Crippen molar-refractivity contribution in [1.82, 2.24) is 15.4 Å². The van der Waals surface area contributed by atoms with Crippen molar-refractivity contribution in [2.45, 2.75) is 13.8 Å². The van der Waals surface area contributed by atoms with Gasteiger partial charge in [0.05, 0.1) is 29.7 Å². The standard InChI is InChI=1S/C19H19N5OS/c1-12-7-9-21-18-15(12)10-14(25-3)11-17(18)22-19(26)24-23-13(2)16-6-4-5-8-20-16/h4-11H,1-3H3,(H2,22,24,26)/b23-13+. The highest BCUT2D eigenvalue weighted by Crippen LogP contribution is 2.29. The molecule has 3 aromatic rings. The first-order valence-electron chi connectivity index (χ1n) is 8.04. The Morgan fingerprint density at radius 3 is 2.73 bits per heavy atom. The van der Waals surface area contributed by atoms with E-state index in [1.807, 2.05) is 50.2 Å². The minimum Gasteiger partial charge on any atom is -0.497 e. The van der Waals surface area contributed by atoms with Gasteiger partial charge in [0.25, 0.3) is 0 Å². The lowest BCUT2D eigenvalue weighted by Crippen LogP contribution is -2.25. The number of rotatable bonds is 4.